The summed E-state index contributed by atoms with van der Waals surface area (Å²) in [6, 6.07) is 2.18. The average Bonchev–Trinajstić information content (AvgIpc) is 3.42. The first-order valence-electron chi connectivity index (χ1n) is 10.7. The van der Waals surface area contributed by atoms with Crippen LogP contribution in [0.1, 0.15) is 32.6 Å². The van der Waals surface area contributed by atoms with Gasteiger partial charge in [-0.15, -0.1) is 0 Å². The number of hydrogen-bond acceptors (Lipinski definition) is 8. The lowest BCUT2D eigenvalue weighted by Crippen LogP contribution is -2.47. The van der Waals surface area contributed by atoms with Crippen LogP contribution in [0.3, 0.4) is 0 Å². The maximum Gasteiger partial charge on any atom is 0.302 e. The zero-order valence-electron chi connectivity index (χ0n) is 17.0. The van der Waals surface area contributed by atoms with Gasteiger partial charge in [-0.2, -0.15) is 9.97 Å². The van der Waals surface area contributed by atoms with Crippen molar-refractivity contribution in [1.29, 1.82) is 0 Å². The lowest BCUT2D eigenvalue weighted by molar-refractivity contribution is -0.141. The van der Waals surface area contributed by atoms with Crippen molar-refractivity contribution >= 4 is 23.6 Å². The fourth-order valence-electron chi connectivity index (χ4n) is 4.26. The van der Waals surface area contributed by atoms with Gasteiger partial charge in [-0.05, 0) is 25.7 Å². The molecule has 0 amide bonds. The van der Waals surface area contributed by atoms with E-state index in [9.17, 15) is 4.79 Å². The molecule has 154 valence electrons. The number of carbonyl (C=O) groups excluding carboxylic acids is 1. The van der Waals surface area contributed by atoms with Crippen LogP contribution in [-0.2, 0) is 9.53 Å². The second kappa shape index (κ2) is 8.94. The van der Waals surface area contributed by atoms with Gasteiger partial charge in [0.15, 0.2) is 0 Å². The minimum Gasteiger partial charge on any atom is -0.465 e. The van der Waals surface area contributed by atoms with Gasteiger partial charge in [0.2, 0.25) is 5.95 Å². The maximum atomic E-state index is 10.9. The van der Waals surface area contributed by atoms with Crippen molar-refractivity contribution in [1.82, 2.24) is 14.9 Å². The molecule has 4 rings (SSSR count). The van der Waals surface area contributed by atoms with E-state index in [1.54, 1.807) is 0 Å². The van der Waals surface area contributed by atoms with Crippen LogP contribution in [0.15, 0.2) is 6.07 Å². The molecular formula is C20H32N6O2. The molecular weight excluding hydrogens is 356 g/mol. The van der Waals surface area contributed by atoms with Crippen LogP contribution in [0, 0.1) is 0 Å². The predicted molar refractivity (Wildman–Crippen MR) is 110 cm³/mol. The van der Waals surface area contributed by atoms with Gasteiger partial charge >= 0.3 is 5.97 Å². The quantitative estimate of drug-likeness (QED) is 0.677. The molecule has 3 fully saturated rings. The van der Waals surface area contributed by atoms with Crippen molar-refractivity contribution in [2.45, 2.75) is 32.6 Å². The van der Waals surface area contributed by atoms with E-state index in [2.05, 4.69) is 25.7 Å². The van der Waals surface area contributed by atoms with E-state index in [1.165, 1.54) is 32.6 Å². The summed E-state index contributed by atoms with van der Waals surface area (Å²) in [5.74, 6) is 2.83. The topological polar surface area (TPSA) is 65.0 Å². The van der Waals surface area contributed by atoms with Crippen LogP contribution in [-0.4, -0.2) is 86.3 Å². The van der Waals surface area contributed by atoms with Gasteiger partial charge in [0.25, 0.3) is 0 Å². The Balaban J connectivity index is 1.43. The minimum atomic E-state index is -0.205. The first-order chi connectivity index (χ1) is 13.7. The van der Waals surface area contributed by atoms with Gasteiger partial charge in [-0.1, -0.05) is 0 Å². The molecule has 0 aromatic carbocycles. The second-order valence-corrected chi connectivity index (χ2v) is 7.94. The van der Waals surface area contributed by atoms with E-state index in [0.717, 1.165) is 76.5 Å². The number of ether oxygens (including phenoxy) is 1. The van der Waals surface area contributed by atoms with Crippen LogP contribution in [0.5, 0.6) is 0 Å². The number of esters is 1. The summed E-state index contributed by atoms with van der Waals surface area (Å²) in [5, 5.41) is 0. The van der Waals surface area contributed by atoms with Gasteiger partial charge in [0.05, 0.1) is 0 Å². The van der Waals surface area contributed by atoms with Crippen molar-refractivity contribution in [3.8, 4) is 0 Å². The Hall–Kier alpha value is -2.09. The highest BCUT2D eigenvalue weighted by molar-refractivity contribution is 5.65. The molecule has 0 aliphatic carbocycles. The smallest absolute Gasteiger partial charge is 0.302 e. The molecule has 1 aromatic rings. The highest BCUT2D eigenvalue weighted by Crippen LogP contribution is 2.27. The zero-order valence-corrected chi connectivity index (χ0v) is 17.0. The minimum absolute atomic E-state index is 0.205. The van der Waals surface area contributed by atoms with Crippen molar-refractivity contribution < 1.29 is 9.53 Å². The Bertz CT molecular complexity index is 630. The van der Waals surface area contributed by atoms with E-state index in [1.807, 2.05) is 0 Å². The Morgan fingerprint density at radius 1 is 0.857 bits per heavy atom. The van der Waals surface area contributed by atoms with Crippen LogP contribution in [0.4, 0.5) is 17.6 Å². The SMILES string of the molecule is CC(=O)OCCN1CCN(c2cc(N3CCCC3)nc(N3CCCC3)n2)CC1. The third-order valence-electron chi connectivity index (χ3n) is 5.92. The molecule has 0 bridgehead atoms. The first kappa shape index (κ1) is 19.2. The van der Waals surface area contributed by atoms with Gasteiger partial charge < -0.3 is 19.4 Å². The second-order valence-electron chi connectivity index (χ2n) is 7.94. The molecule has 0 spiro atoms. The van der Waals surface area contributed by atoms with Crippen LogP contribution < -0.4 is 14.7 Å². The summed E-state index contributed by atoms with van der Waals surface area (Å²) in [7, 11) is 0. The Morgan fingerprint density at radius 3 is 1.96 bits per heavy atom. The standard InChI is InChI=1S/C20H32N6O2/c1-17(27)28-15-14-23-10-12-25(13-11-23)19-16-18(24-6-2-3-7-24)21-20(22-19)26-8-4-5-9-26/h16H,2-15H2,1H3. The van der Waals surface area contributed by atoms with E-state index in [4.69, 9.17) is 14.7 Å². The monoisotopic (exact) mass is 388 g/mol. The van der Waals surface area contributed by atoms with E-state index >= 15 is 0 Å². The lowest BCUT2D eigenvalue weighted by Gasteiger charge is -2.36. The van der Waals surface area contributed by atoms with E-state index in [-0.39, 0.29) is 5.97 Å². The number of aromatic nitrogens is 2. The molecule has 28 heavy (non-hydrogen) atoms. The molecule has 3 saturated heterocycles. The highest BCUT2D eigenvalue weighted by Gasteiger charge is 2.24. The third kappa shape index (κ3) is 4.66. The number of anilines is 3. The third-order valence-corrected chi connectivity index (χ3v) is 5.92. The molecule has 0 unspecified atom stereocenters. The van der Waals surface area contributed by atoms with Crippen molar-refractivity contribution in [3.63, 3.8) is 0 Å². The summed E-state index contributed by atoms with van der Waals surface area (Å²) in [4.78, 5) is 30.3. The van der Waals surface area contributed by atoms with E-state index < -0.39 is 0 Å². The summed E-state index contributed by atoms with van der Waals surface area (Å²) in [6.07, 6.45) is 4.96. The lowest BCUT2D eigenvalue weighted by atomic mass is 10.3. The molecule has 0 N–H and O–H groups in total. The Kier molecular flexibility index (Phi) is 6.14. The van der Waals surface area contributed by atoms with Gasteiger partial charge in [-0.25, -0.2) is 0 Å². The number of nitrogens with zero attached hydrogens (tertiary/aromatic N) is 6. The van der Waals surface area contributed by atoms with Crippen LogP contribution >= 0.6 is 0 Å². The fourth-order valence-corrected chi connectivity index (χ4v) is 4.26. The average molecular weight is 389 g/mol. The molecule has 8 heteroatoms. The normalized spacial score (nSPS) is 20.8. The summed E-state index contributed by atoms with van der Waals surface area (Å²) in [5.41, 5.74) is 0. The summed E-state index contributed by atoms with van der Waals surface area (Å²) >= 11 is 0. The summed E-state index contributed by atoms with van der Waals surface area (Å²) < 4.78 is 5.08. The van der Waals surface area contributed by atoms with Crippen molar-refractivity contribution in [2.75, 3.05) is 80.2 Å². The zero-order chi connectivity index (χ0) is 19.3. The van der Waals surface area contributed by atoms with E-state index in [0.29, 0.717) is 6.61 Å². The maximum absolute atomic E-state index is 10.9. The largest absolute Gasteiger partial charge is 0.465 e. The number of carbonyl (C=O) groups is 1. The molecule has 1 aromatic heterocycles. The number of hydrogen-bond donors (Lipinski definition) is 0. The van der Waals surface area contributed by atoms with Crippen molar-refractivity contribution in [3.05, 3.63) is 6.07 Å². The fraction of sp³-hybridized carbons (Fsp3) is 0.750. The van der Waals surface area contributed by atoms with Gasteiger partial charge in [0.1, 0.15) is 18.2 Å². The molecule has 3 aliphatic rings. The number of rotatable bonds is 6. The van der Waals surface area contributed by atoms with Gasteiger partial charge in [0, 0.05) is 71.9 Å². The van der Waals surface area contributed by atoms with Crippen molar-refractivity contribution in [2.24, 2.45) is 0 Å². The highest BCUT2D eigenvalue weighted by atomic mass is 16.5. The molecule has 4 heterocycles. The molecule has 0 radical (unpaired) electrons. The first-order valence-corrected chi connectivity index (χ1v) is 10.7. The number of piperazine rings is 1. The molecule has 0 saturated carbocycles. The molecule has 3 aliphatic heterocycles. The Morgan fingerprint density at radius 2 is 1.39 bits per heavy atom. The van der Waals surface area contributed by atoms with Gasteiger partial charge in [-0.3, -0.25) is 9.69 Å². The summed E-state index contributed by atoms with van der Waals surface area (Å²) in [6.45, 7) is 10.9. The Labute approximate surface area is 167 Å². The molecule has 8 nitrogen and oxygen atoms in total. The van der Waals surface area contributed by atoms with Crippen LogP contribution in [0.2, 0.25) is 0 Å². The molecule has 0 atom stereocenters. The predicted octanol–water partition coefficient (Wildman–Crippen LogP) is 1.36. The van der Waals surface area contributed by atoms with Crippen LogP contribution in [0.25, 0.3) is 0 Å².